The molecule has 7 nitrogen and oxygen atoms in total. The number of aromatic nitrogens is 6. The molecule has 0 saturated heterocycles. The number of rotatable bonds is 0. The average molecular weight is 200 g/mol. The van der Waals surface area contributed by atoms with Crippen LogP contribution in [-0.4, -0.2) is 30.8 Å². The predicted octanol–water partition coefficient (Wildman–Crippen LogP) is 0.549. The first kappa shape index (κ1) is 9.52. The van der Waals surface area contributed by atoms with E-state index in [9.17, 15) is 0 Å². The normalized spacial score (nSPS) is 9.08. The van der Waals surface area contributed by atoms with Gasteiger partial charge in [-0.15, -0.1) is 10.2 Å². The van der Waals surface area contributed by atoms with Gasteiger partial charge in [-0.3, -0.25) is 0 Å². The van der Waals surface area contributed by atoms with Crippen molar-refractivity contribution in [3.05, 3.63) is 16.5 Å². The highest BCUT2D eigenvalue weighted by Gasteiger charge is 1.83. The van der Waals surface area contributed by atoms with Crippen molar-refractivity contribution in [2.24, 2.45) is 0 Å². The van der Waals surface area contributed by atoms with E-state index in [1.807, 2.05) is 0 Å². The second kappa shape index (κ2) is 4.45. The van der Waals surface area contributed by atoms with Crippen LogP contribution in [0.15, 0.2) is 4.52 Å². The monoisotopic (exact) mass is 200 g/mol. The number of nitrogens with zero attached hydrogens (tertiary/aromatic N) is 4. The molecule has 2 N–H and O–H groups in total. The molecule has 0 radical (unpaired) electrons. The van der Waals surface area contributed by atoms with Crippen LogP contribution in [0, 0.1) is 18.7 Å². The van der Waals surface area contributed by atoms with E-state index in [1.165, 1.54) is 0 Å². The molecule has 0 saturated carbocycles. The third kappa shape index (κ3) is 3.56. The molecular weight excluding hydrogens is 192 g/mol. The van der Waals surface area contributed by atoms with Gasteiger partial charge in [-0.2, -0.15) is 10.2 Å². The van der Waals surface area contributed by atoms with Gasteiger partial charge in [0, 0.05) is 0 Å². The highest BCUT2D eigenvalue weighted by molar-refractivity contribution is 7.71. The molecule has 13 heavy (non-hydrogen) atoms. The van der Waals surface area contributed by atoms with E-state index in [-0.39, 0.29) is 4.84 Å². The molecule has 2 heterocycles. The Morgan fingerprint density at radius 3 is 2.31 bits per heavy atom. The van der Waals surface area contributed by atoms with E-state index in [0.717, 1.165) is 0 Å². The van der Waals surface area contributed by atoms with Crippen LogP contribution in [-0.2, 0) is 0 Å². The first-order chi connectivity index (χ1) is 6.18. The van der Waals surface area contributed by atoms with Gasteiger partial charge in [0.25, 0.3) is 0 Å². The van der Waals surface area contributed by atoms with Crippen molar-refractivity contribution >= 4 is 12.2 Å². The highest BCUT2D eigenvalue weighted by atomic mass is 32.1. The zero-order valence-electron chi connectivity index (χ0n) is 7.11. The van der Waals surface area contributed by atoms with Crippen molar-refractivity contribution < 1.29 is 4.52 Å². The topological polar surface area (TPSA) is 96.3 Å². The molecule has 8 heteroatoms. The molecular formula is C5H8N6OS. The van der Waals surface area contributed by atoms with Gasteiger partial charge >= 0.3 is 4.84 Å². The van der Waals surface area contributed by atoms with Crippen LogP contribution >= 0.6 is 12.2 Å². The SMILES string of the molecule is Cc1nc(=S)o[nH]1.Cc1nn[nH]n1. The number of nitrogens with one attached hydrogen (secondary N) is 2. The number of aromatic amines is 2. The number of hydrogen-bond donors (Lipinski definition) is 2. The van der Waals surface area contributed by atoms with E-state index < -0.39 is 0 Å². The Hall–Kier alpha value is -1.57. The first-order valence-electron chi connectivity index (χ1n) is 3.40. The van der Waals surface area contributed by atoms with Gasteiger partial charge in [0.1, 0.15) is 5.82 Å². The summed E-state index contributed by atoms with van der Waals surface area (Å²) in [5.41, 5.74) is 0. The zero-order valence-corrected chi connectivity index (χ0v) is 7.92. The summed E-state index contributed by atoms with van der Waals surface area (Å²) < 4.78 is 4.54. The van der Waals surface area contributed by atoms with Gasteiger partial charge in [0.2, 0.25) is 0 Å². The quantitative estimate of drug-likeness (QED) is 0.603. The molecule has 2 rings (SSSR count). The maximum Gasteiger partial charge on any atom is 0.314 e. The van der Waals surface area contributed by atoms with Gasteiger partial charge in [-0.1, -0.05) is 5.21 Å². The molecule has 0 bridgehead atoms. The molecule has 0 amide bonds. The summed E-state index contributed by atoms with van der Waals surface area (Å²) in [5.74, 6) is 1.39. The van der Waals surface area contributed by atoms with E-state index in [4.69, 9.17) is 0 Å². The summed E-state index contributed by atoms with van der Waals surface area (Å²) in [6.45, 7) is 3.54. The summed E-state index contributed by atoms with van der Waals surface area (Å²) in [4.78, 5) is 3.97. The summed E-state index contributed by atoms with van der Waals surface area (Å²) in [5, 5.41) is 15.2. The van der Waals surface area contributed by atoms with Crippen molar-refractivity contribution in [3.8, 4) is 0 Å². The summed E-state index contributed by atoms with van der Waals surface area (Å²) >= 11 is 4.52. The van der Waals surface area contributed by atoms with Gasteiger partial charge in [0.15, 0.2) is 5.82 Å². The molecule has 2 aromatic rings. The number of aryl methyl sites for hydroxylation is 2. The van der Waals surface area contributed by atoms with Gasteiger partial charge in [-0.25, -0.2) is 5.16 Å². The second-order valence-corrected chi connectivity index (χ2v) is 2.48. The van der Waals surface area contributed by atoms with Gasteiger partial charge in [0.05, 0.1) is 0 Å². The Labute approximate surface area is 78.5 Å². The lowest BCUT2D eigenvalue weighted by Crippen LogP contribution is -1.69. The standard InChI is InChI=1S/C3H4N2OS.C2H4N4/c1-2-4-3(7)6-5-2;1-2-3-5-6-4-2/h1H3,(H,4,5,7);1H3,(H,3,4,5,6). The summed E-state index contributed by atoms with van der Waals surface area (Å²) in [6.07, 6.45) is 0. The molecule has 0 fully saturated rings. The predicted molar refractivity (Wildman–Crippen MR) is 45.3 cm³/mol. The third-order valence-electron chi connectivity index (χ3n) is 0.996. The lowest BCUT2D eigenvalue weighted by atomic mass is 10.8. The van der Waals surface area contributed by atoms with E-state index in [1.54, 1.807) is 13.8 Å². The Kier molecular flexibility index (Phi) is 3.26. The smallest absolute Gasteiger partial charge is 0.314 e. The third-order valence-corrected chi connectivity index (χ3v) is 1.17. The number of hydrogen-bond acceptors (Lipinski definition) is 6. The fraction of sp³-hybridized carbons (Fsp3) is 0.400. The maximum atomic E-state index is 4.54. The van der Waals surface area contributed by atoms with E-state index in [0.29, 0.717) is 11.6 Å². The molecule has 0 aromatic carbocycles. The average Bonchev–Trinajstić information content (AvgIpc) is 2.64. The number of H-pyrrole nitrogens is 2. The second-order valence-electron chi connectivity index (χ2n) is 2.13. The maximum absolute atomic E-state index is 4.54. The van der Waals surface area contributed by atoms with Crippen LogP contribution in [0.1, 0.15) is 11.6 Å². The Bertz CT molecular complexity index is 389. The molecule has 0 aliphatic carbocycles. The minimum absolute atomic E-state index is 0.262. The molecule has 0 aliphatic heterocycles. The molecule has 0 aliphatic rings. The van der Waals surface area contributed by atoms with Crippen LogP contribution in [0.25, 0.3) is 0 Å². The fourth-order valence-corrected chi connectivity index (χ4v) is 0.690. The van der Waals surface area contributed by atoms with Crippen LogP contribution in [0.3, 0.4) is 0 Å². The minimum Gasteiger partial charge on any atom is -0.348 e. The molecule has 0 spiro atoms. The Morgan fingerprint density at radius 1 is 1.38 bits per heavy atom. The van der Waals surface area contributed by atoms with Crippen LogP contribution in [0.4, 0.5) is 0 Å². The van der Waals surface area contributed by atoms with Crippen LogP contribution in [0.5, 0.6) is 0 Å². The molecule has 0 unspecified atom stereocenters. The first-order valence-corrected chi connectivity index (χ1v) is 3.81. The van der Waals surface area contributed by atoms with E-state index in [2.05, 4.69) is 47.5 Å². The number of tetrazole rings is 1. The largest absolute Gasteiger partial charge is 0.348 e. The minimum atomic E-state index is 0.262. The van der Waals surface area contributed by atoms with E-state index >= 15 is 0 Å². The lowest BCUT2D eigenvalue weighted by Gasteiger charge is -1.65. The van der Waals surface area contributed by atoms with Crippen LogP contribution < -0.4 is 0 Å². The highest BCUT2D eigenvalue weighted by Crippen LogP contribution is 1.84. The molecule has 0 atom stereocenters. The van der Waals surface area contributed by atoms with Crippen molar-refractivity contribution in [3.63, 3.8) is 0 Å². The fourth-order valence-electron chi connectivity index (χ4n) is 0.512. The zero-order chi connectivity index (χ0) is 9.68. The Balaban J connectivity index is 0.000000132. The van der Waals surface area contributed by atoms with Crippen molar-refractivity contribution in [2.75, 3.05) is 0 Å². The Morgan fingerprint density at radius 2 is 2.15 bits per heavy atom. The van der Waals surface area contributed by atoms with Crippen molar-refractivity contribution in [2.45, 2.75) is 13.8 Å². The van der Waals surface area contributed by atoms with Crippen molar-refractivity contribution in [1.29, 1.82) is 0 Å². The van der Waals surface area contributed by atoms with Crippen LogP contribution in [0.2, 0.25) is 0 Å². The van der Waals surface area contributed by atoms with Gasteiger partial charge in [-0.05, 0) is 26.1 Å². The lowest BCUT2D eigenvalue weighted by molar-refractivity contribution is 0.400. The van der Waals surface area contributed by atoms with Gasteiger partial charge < -0.3 is 4.52 Å². The summed E-state index contributed by atoms with van der Waals surface area (Å²) in [7, 11) is 0. The van der Waals surface area contributed by atoms with Crippen molar-refractivity contribution in [1.82, 2.24) is 30.8 Å². The molecule has 70 valence electrons. The molecule has 2 aromatic heterocycles. The summed E-state index contributed by atoms with van der Waals surface area (Å²) in [6, 6.07) is 0.